The van der Waals surface area contributed by atoms with E-state index < -0.39 is 43.3 Å². The number of carbonyl (C=O) groups excluding carboxylic acids is 1. The van der Waals surface area contributed by atoms with Gasteiger partial charge in [-0.15, -0.1) is 0 Å². The lowest BCUT2D eigenvalue weighted by Gasteiger charge is -2.39. The molecular weight excluding hydrogens is 508 g/mol. The average molecular weight is 537 g/mol. The van der Waals surface area contributed by atoms with Crippen molar-refractivity contribution < 1.29 is 49.6 Å². The van der Waals surface area contributed by atoms with Crippen molar-refractivity contribution >= 4 is 24.2 Å². The van der Waals surface area contributed by atoms with Crippen LogP contribution in [0.1, 0.15) is 16.7 Å². The van der Waals surface area contributed by atoms with E-state index in [2.05, 4.69) is 0 Å². The number of esters is 1. The van der Waals surface area contributed by atoms with Crippen molar-refractivity contribution in [3.05, 3.63) is 89.5 Å². The summed E-state index contributed by atoms with van der Waals surface area (Å²) < 4.78 is 16.4. The van der Waals surface area contributed by atoms with Crippen LogP contribution in [0.15, 0.2) is 72.8 Å². The summed E-state index contributed by atoms with van der Waals surface area (Å²) in [5.41, 5.74) is 2.00. The average Bonchev–Trinajstić information content (AvgIpc) is 2.92. The first-order valence-electron chi connectivity index (χ1n) is 12.0. The Kier molecular flexibility index (Phi) is 8.84. The molecule has 1 fully saturated rings. The SMILES string of the molecule is O=C(/C=C/c1ccc(O)cc1)OC[C@H]1O[C@H](Oc2cc(O)cc(/C=C/c3ccc(O)cc3)c2)[C@H](O)[C@@H](O)[C@@H]1O. The molecule has 0 spiro atoms. The van der Waals surface area contributed by atoms with Crippen molar-refractivity contribution in [2.45, 2.75) is 30.7 Å². The second-order valence-electron chi connectivity index (χ2n) is 8.87. The zero-order chi connectivity index (χ0) is 27.9. The second-order valence-corrected chi connectivity index (χ2v) is 8.87. The molecule has 0 aliphatic carbocycles. The molecule has 6 N–H and O–H groups in total. The number of aliphatic hydroxyl groups is 3. The van der Waals surface area contributed by atoms with Crippen molar-refractivity contribution in [2.24, 2.45) is 0 Å². The van der Waals surface area contributed by atoms with E-state index in [0.29, 0.717) is 11.1 Å². The van der Waals surface area contributed by atoms with Crippen molar-refractivity contribution in [1.82, 2.24) is 0 Å². The lowest BCUT2D eigenvalue weighted by Crippen LogP contribution is -2.60. The van der Waals surface area contributed by atoms with Gasteiger partial charge in [-0.3, -0.25) is 0 Å². The minimum Gasteiger partial charge on any atom is -0.508 e. The Morgan fingerprint density at radius 3 is 1.95 bits per heavy atom. The maximum Gasteiger partial charge on any atom is 0.330 e. The zero-order valence-corrected chi connectivity index (χ0v) is 20.6. The van der Waals surface area contributed by atoms with Gasteiger partial charge in [0.2, 0.25) is 6.29 Å². The standard InChI is InChI=1S/C29H28O10/c30-20-8-3-17(4-9-20)1-2-19-13-22(32)15-23(14-19)38-29-28(36)27(35)26(34)24(39-29)16-37-25(33)12-7-18-5-10-21(31)11-6-18/h1-15,24,26-32,34-36H,16H2/b2-1+,12-7+/t24-,26-,27+,28-,29+/m1/s1. The van der Waals surface area contributed by atoms with Gasteiger partial charge in [-0.05, 0) is 59.2 Å². The van der Waals surface area contributed by atoms with Crippen LogP contribution in [0.3, 0.4) is 0 Å². The molecule has 10 nitrogen and oxygen atoms in total. The first-order chi connectivity index (χ1) is 18.7. The summed E-state index contributed by atoms with van der Waals surface area (Å²) in [4.78, 5) is 12.1. The number of benzene rings is 3. The van der Waals surface area contributed by atoms with Crippen LogP contribution in [0.5, 0.6) is 23.0 Å². The molecule has 0 unspecified atom stereocenters. The molecule has 10 heteroatoms. The van der Waals surface area contributed by atoms with Crippen LogP contribution in [0, 0.1) is 0 Å². The van der Waals surface area contributed by atoms with Crippen LogP contribution in [-0.2, 0) is 14.3 Å². The Bertz CT molecular complexity index is 1320. The topological polar surface area (TPSA) is 166 Å². The molecule has 1 saturated heterocycles. The highest BCUT2D eigenvalue weighted by atomic mass is 16.7. The Balaban J connectivity index is 1.39. The van der Waals surface area contributed by atoms with Gasteiger partial charge in [0, 0.05) is 12.1 Å². The van der Waals surface area contributed by atoms with Crippen molar-refractivity contribution in [3.63, 3.8) is 0 Å². The van der Waals surface area contributed by atoms with Crippen LogP contribution in [0.2, 0.25) is 0 Å². The van der Waals surface area contributed by atoms with Gasteiger partial charge < -0.3 is 44.8 Å². The first-order valence-corrected chi connectivity index (χ1v) is 12.0. The lowest BCUT2D eigenvalue weighted by atomic mass is 9.99. The molecule has 0 amide bonds. The van der Waals surface area contributed by atoms with Crippen LogP contribution >= 0.6 is 0 Å². The predicted molar refractivity (Wildman–Crippen MR) is 141 cm³/mol. The number of aliphatic hydroxyl groups excluding tert-OH is 3. The summed E-state index contributed by atoms with van der Waals surface area (Å²) in [5.74, 6) is -0.537. The number of aromatic hydroxyl groups is 3. The Labute approximate surface area is 223 Å². The number of hydrogen-bond acceptors (Lipinski definition) is 10. The molecule has 0 aromatic heterocycles. The highest BCUT2D eigenvalue weighted by molar-refractivity contribution is 5.87. The lowest BCUT2D eigenvalue weighted by molar-refractivity contribution is -0.278. The Morgan fingerprint density at radius 1 is 0.718 bits per heavy atom. The zero-order valence-electron chi connectivity index (χ0n) is 20.6. The van der Waals surface area contributed by atoms with E-state index in [9.17, 15) is 35.4 Å². The third-order valence-corrected chi connectivity index (χ3v) is 5.89. The second kappa shape index (κ2) is 12.5. The van der Waals surface area contributed by atoms with Gasteiger partial charge in [0.15, 0.2) is 0 Å². The molecule has 39 heavy (non-hydrogen) atoms. The van der Waals surface area contributed by atoms with E-state index >= 15 is 0 Å². The van der Waals surface area contributed by atoms with Gasteiger partial charge in [-0.25, -0.2) is 4.79 Å². The van der Waals surface area contributed by atoms with E-state index in [1.807, 2.05) is 0 Å². The fourth-order valence-electron chi connectivity index (χ4n) is 3.80. The van der Waals surface area contributed by atoms with Gasteiger partial charge in [0.1, 0.15) is 54.0 Å². The molecule has 5 atom stereocenters. The third kappa shape index (κ3) is 7.59. The highest BCUT2D eigenvalue weighted by Crippen LogP contribution is 2.28. The molecule has 3 aromatic carbocycles. The molecule has 3 aromatic rings. The summed E-state index contributed by atoms with van der Waals surface area (Å²) >= 11 is 0. The molecule has 1 aliphatic heterocycles. The van der Waals surface area contributed by atoms with Crippen LogP contribution in [-0.4, -0.2) is 73.9 Å². The van der Waals surface area contributed by atoms with Gasteiger partial charge in [0.25, 0.3) is 0 Å². The summed E-state index contributed by atoms with van der Waals surface area (Å²) in [5, 5.41) is 59.9. The smallest absolute Gasteiger partial charge is 0.330 e. The van der Waals surface area contributed by atoms with Crippen molar-refractivity contribution in [1.29, 1.82) is 0 Å². The van der Waals surface area contributed by atoms with Gasteiger partial charge in [-0.1, -0.05) is 36.4 Å². The minimum absolute atomic E-state index is 0.0863. The van der Waals surface area contributed by atoms with E-state index in [4.69, 9.17) is 14.2 Å². The van der Waals surface area contributed by atoms with Gasteiger partial charge in [-0.2, -0.15) is 0 Å². The number of rotatable bonds is 8. The van der Waals surface area contributed by atoms with Crippen molar-refractivity contribution in [3.8, 4) is 23.0 Å². The number of phenols is 3. The minimum atomic E-state index is -1.66. The predicted octanol–water partition coefficient (Wildman–Crippen LogP) is 2.42. The molecule has 4 rings (SSSR count). The summed E-state index contributed by atoms with van der Waals surface area (Å²) in [6.45, 7) is -0.440. The number of phenolic OH excluding ortho intramolecular Hbond substituents is 3. The summed E-state index contributed by atoms with van der Waals surface area (Å²) in [7, 11) is 0. The fourth-order valence-corrected chi connectivity index (χ4v) is 3.80. The maximum absolute atomic E-state index is 12.1. The van der Waals surface area contributed by atoms with Crippen LogP contribution < -0.4 is 4.74 Å². The van der Waals surface area contributed by atoms with E-state index in [-0.39, 0.29) is 23.0 Å². The van der Waals surface area contributed by atoms with E-state index in [1.165, 1.54) is 42.5 Å². The number of hydrogen-bond donors (Lipinski definition) is 6. The largest absolute Gasteiger partial charge is 0.508 e. The Morgan fingerprint density at radius 2 is 1.31 bits per heavy atom. The Hall–Kier alpha value is -4.35. The highest BCUT2D eigenvalue weighted by Gasteiger charge is 2.45. The number of ether oxygens (including phenoxy) is 3. The van der Waals surface area contributed by atoms with Gasteiger partial charge >= 0.3 is 5.97 Å². The van der Waals surface area contributed by atoms with Crippen molar-refractivity contribution in [2.75, 3.05) is 6.61 Å². The van der Waals surface area contributed by atoms with Crippen LogP contribution in [0.25, 0.3) is 18.2 Å². The monoisotopic (exact) mass is 536 g/mol. The molecule has 1 heterocycles. The molecule has 0 radical (unpaired) electrons. The first kappa shape index (κ1) is 27.7. The van der Waals surface area contributed by atoms with E-state index in [0.717, 1.165) is 11.6 Å². The fraction of sp³-hybridized carbons (Fsp3) is 0.207. The molecule has 1 aliphatic rings. The molecule has 204 valence electrons. The maximum atomic E-state index is 12.1. The molecule has 0 saturated carbocycles. The summed E-state index contributed by atoms with van der Waals surface area (Å²) in [6, 6.07) is 17.0. The van der Waals surface area contributed by atoms with Crippen LogP contribution in [0.4, 0.5) is 0 Å². The normalized spacial score (nSPS) is 23.2. The quantitative estimate of drug-likeness (QED) is 0.143. The third-order valence-electron chi connectivity index (χ3n) is 5.89. The van der Waals surface area contributed by atoms with E-state index in [1.54, 1.807) is 42.5 Å². The molecular formula is C29H28O10. The summed E-state index contributed by atoms with van der Waals surface area (Å²) in [6.07, 6.45) is -1.46. The number of carbonyl (C=O) groups is 1. The molecule has 0 bridgehead atoms. The van der Waals surface area contributed by atoms with Gasteiger partial charge in [0.05, 0.1) is 0 Å².